The fraction of sp³-hybridized carbons (Fsp3) is 0.500. The molecule has 106 valence electrons. The maximum atomic E-state index is 12.5. The van der Waals surface area contributed by atoms with E-state index in [-0.39, 0.29) is 12.2 Å². The van der Waals surface area contributed by atoms with E-state index >= 15 is 0 Å². The van der Waals surface area contributed by atoms with Gasteiger partial charge in [0.1, 0.15) is 0 Å². The molecule has 0 saturated carbocycles. The van der Waals surface area contributed by atoms with E-state index in [0.717, 1.165) is 12.1 Å². The van der Waals surface area contributed by atoms with Crippen LogP contribution in [-0.2, 0) is 10.9 Å². The molecule has 0 aromatic heterocycles. The van der Waals surface area contributed by atoms with Gasteiger partial charge in [-0.3, -0.25) is 4.79 Å². The molecule has 0 aliphatic heterocycles. The molecule has 2 nitrogen and oxygen atoms in total. The van der Waals surface area contributed by atoms with E-state index in [9.17, 15) is 18.0 Å². The van der Waals surface area contributed by atoms with E-state index in [4.69, 9.17) is 4.74 Å². The number of carbonyl (C=O) groups is 1. The first-order valence-corrected chi connectivity index (χ1v) is 5.83. The lowest BCUT2D eigenvalue weighted by Gasteiger charge is -2.22. The zero-order chi connectivity index (χ0) is 14.8. The third kappa shape index (κ3) is 4.06. The molecule has 1 aromatic carbocycles. The summed E-state index contributed by atoms with van der Waals surface area (Å²) in [5.74, 6) is -0.224. The second kappa shape index (κ2) is 5.33. The second-order valence-electron chi connectivity index (χ2n) is 5.09. The molecule has 0 bridgehead atoms. The first kappa shape index (κ1) is 15.7. The Kier molecular flexibility index (Phi) is 4.40. The molecule has 0 fully saturated rings. The number of carbonyl (C=O) groups excluding carboxylic acids is 1. The Balaban J connectivity index is 3.01. The third-order valence-corrected chi connectivity index (χ3v) is 2.99. The van der Waals surface area contributed by atoms with Crippen molar-refractivity contribution < 1.29 is 22.7 Å². The van der Waals surface area contributed by atoms with Crippen LogP contribution in [0, 0.1) is 6.92 Å². The SMILES string of the molecule is COC(C)(C)CC(=O)c1ccc(C(F)(F)F)cc1C. The molecular formula is C14H17F3O2. The second-order valence-corrected chi connectivity index (χ2v) is 5.09. The Morgan fingerprint density at radius 2 is 1.84 bits per heavy atom. The number of aryl methyl sites for hydroxylation is 1. The highest BCUT2D eigenvalue weighted by Crippen LogP contribution is 2.31. The highest BCUT2D eigenvalue weighted by molar-refractivity contribution is 5.98. The quantitative estimate of drug-likeness (QED) is 0.775. The number of Topliss-reactive ketones (excluding diaryl/α,β-unsaturated/α-hetero) is 1. The van der Waals surface area contributed by atoms with Gasteiger partial charge in [0.05, 0.1) is 11.2 Å². The summed E-state index contributed by atoms with van der Waals surface area (Å²) in [5, 5.41) is 0. The molecule has 0 N–H and O–H groups in total. The summed E-state index contributed by atoms with van der Waals surface area (Å²) < 4.78 is 42.7. The van der Waals surface area contributed by atoms with Gasteiger partial charge in [0.2, 0.25) is 0 Å². The monoisotopic (exact) mass is 274 g/mol. The van der Waals surface area contributed by atoms with Crippen molar-refractivity contribution in [2.24, 2.45) is 0 Å². The summed E-state index contributed by atoms with van der Waals surface area (Å²) in [5.41, 5.74) is -0.746. The molecule has 5 heteroatoms. The Bertz CT molecular complexity index is 476. The number of alkyl halides is 3. The molecule has 0 aliphatic carbocycles. The standard InChI is InChI=1S/C14H17F3O2/c1-9-7-10(14(15,16)17)5-6-11(9)12(18)8-13(2,3)19-4/h5-7H,8H2,1-4H3. The van der Waals surface area contributed by atoms with Crippen LogP contribution in [0.4, 0.5) is 13.2 Å². The molecule has 0 aliphatic rings. The lowest BCUT2D eigenvalue weighted by atomic mass is 9.94. The van der Waals surface area contributed by atoms with Crippen LogP contribution in [0.5, 0.6) is 0 Å². The molecule has 1 rings (SSSR count). The molecule has 0 saturated heterocycles. The number of hydrogen-bond acceptors (Lipinski definition) is 2. The zero-order valence-electron chi connectivity index (χ0n) is 11.4. The van der Waals surface area contributed by atoms with E-state index in [2.05, 4.69) is 0 Å². The summed E-state index contributed by atoms with van der Waals surface area (Å²) in [6, 6.07) is 3.15. The predicted molar refractivity (Wildman–Crippen MR) is 66.2 cm³/mol. The van der Waals surface area contributed by atoms with Crippen molar-refractivity contribution >= 4 is 5.78 Å². The molecule has 19 heavy (non-hydrogen) atoms. The van der Waals surface area contributed by atoms with Gasteiger partial charge in [0, 0.05) is 19.1 Å². The van der Waals surface area contributed by atoms with Crippen molar-refractivity contribution in [1.29, 1.82) is 0 Å². The van der Waals surface area contributed by atoms with E-state index in [1.807, 2.05) is 0 Å². The van der Waals surface area contributed by atoms with E-state index in [0.29, 0.717) is 11.1 Å². The van der Waals surface area contributed by atoms with Crippen LogP contribution in [0.1, 0.15) is 41.8 Å². The van der Waals surface area contributed by atoms with Gasteiger partial charge in [-0.2, -0.15) is 13.2 Å². The van der Waals surface area contributed by atoms with Crippen molar-refractivity contribution in [3.8, 4) is 0 Å². The minimum absolute atomic E-state index is 0.121. The van der Waals surface area contributed by atoms with Crippen LogP contribution in [0.3, 0.4) is 0 Å². The van der Waals surface area contributed by atoms with Crippen LogP contribution in [0.2, 0.25) is 0 Å². The fourth-order valence-electron chi connectivity index (χ4n) is 1.71. The van der Waals surface area contributed by atoms with Crippen molar-refractivity contribution in [2.75, 3.05) is 7.11 Å². The Labute approximate surface area is 110 Å². The van der Waals surface area contributed by atoms with Gasteiger partial charge in [-0.1, -0.05) is 6.07 Å². The van der Waals surface area contributed by atoms with Crippen LogP contribution >= 0.6 is 0 Å². The summed E-state index contributed by atoms with van der Waals surface area (Å²) in [6.45, 7) is 5.01. The minimum Gasteiger partial charge on any atom is -0.378 e. The fourth-order valence-corrected chi connectivity index (χ4v) is 1.71. The Morgan fingerprint density at radius 1 is 1.26 bits per heavy atom. The van der Waals surface area contributed by atoms with Gasteiger partial charge in [-0.25, -0.2) is 0 Å². The lowest BCUT2D eigenvalue weighted by molar-refractivity contribution is -0.137. The molecular weight excluding hydrogens is 257 g/mol. The molecule has 0 radical (unpaired) electrons. The maximum Gasteiger partial charge on any atom is 0.416 e. The number of ketones is 1. The zero-order valence-corrected chi connectivity index (χ0v) is 11.4. The maximum absolute atomic E-state index is 12.5. The molecule has 0 atom stereocenters. The molecule has 0 spiro atoms. The largest absolute Gasteiger partial charge is 0.416 e. The van der Waals surface area contributed by atoms with Gasteiger partial charge in [-0.15, -0.1) is 0 Å². The molecule has 0 unspecified atom stereocenters. The summed E-state index contributed by atoms with van der Waals surface area (Å²) in [7, 11) is 1.49. The van der Waals surface area contributed by atoms with Crippen molar-refractivity contribution in [1.82, 2.24) is 0 Å². The highest BCUT2D eigenvalue weighted by atomic mass is 19.4. The van der Waals surface area contributed by atoms with Gasteiger partial charge < -0.3 is 4.74 Å². The third-order valence-electron chi connectivity index (χ3n) is 2.99. The van der Waals surface area contributed by atoms with E-state index in [1.165, 1.54) is 20.1 Å². The first-order valence-electron chi connectivity index (χ1n) is 5.83. The highest BCUT2D eigenvalue weighted by Gasteiger charge is 2.31. The van der Waals surface area contributed by atoms with Gasteiger partial charge in [0.15, 0.2) is 5.78 Å². The van der Waals surface area contributed by atoms with E-state index in [1.54, 1.807) is 13.8 Å². The number of ether oxygens (including phenoxy) is 1. The van der Waals surface area contributed by atoms with E-state index < -0.39 is 17.3 Å². The topological polar surface area (TPSA) is 26.3 Å². The van der Waals surface area contributed by atoms with Crippen molar-refractivity contribution in [3.63, 3.8) is 0 Å². The number of benzene rings is 1. The Morgan fingerprint density at radius 3 is 2.26 bits per heavy atom. The predicted octanol–water partition coefficient (Wildman–Crippen LogP) is 4.01. The van der Waals surface area contributed by atoms with Crippen molar-refractivity contribution in [3.05, 3.63) is 34.9 Å². The number of halogens is 3. The summed E-state index contributed by atoms with van der Waals surface area (Å²) in [4.78, 5) is 12.0. The number of hydrogen-bond donors (Lipinski definition) is 0. The molecule has 0 heterocycles. The average molecular weight is 274 g/mol. The van der Waals surface area contributed by atoms with Crippen molar-refractivity contribution in [2.45, 2.75) is 39.0 Å². The van der Waals surface area contributed by atoms with Gasteiger partial charge >= 0.3 is 6.18 Å². The Hall–Kier alpha value is -1.36. The van der Waals surface area contributed by atoms with Crippen LogP contribution < -0.4 is 0 Å². The molecule has 0 amide bonds. The van der Waals surface area contributed by atoms with Gasteiger partial charge in [-0.05, 0) is 38.5 Å². The lowest BCUT2D eigenvalue weighted by Crippen LogP contribution is -2.26. The number of methoxy groups -OCH3 is 1. The average Bonchev–Trinajstić information content (AvgIpc) is 2.26. The van der Waals surface area contributed by atoms with Crippen LogP contribution in [0.15, 0.2) is 18.2 Å². The first-order chi connectivity index (χ1) is 8.57. The minimum atomic E-state index is -4.39. The summed E-state index contributed by atoms with van der Waals surface area (Å²) in [6.07, 6.45) is -4.27. The van der Waals surface area contributed by atoms with Crippen LogP contribution in [0.25, 0.3) is 0 Å². The number of rotatable bonds is 4. The van der Waals surface area contributed by atoms with Crippen LogP contribution in [-0.4, -0.2) is 18.5 Å². The summed E-state index contributed by atoms with van der Waals surface area (Å²) >= 11 is 0. The van der Waals surface area contributed by atoms with Gasteiger partial charge in [0.25, 0.3) is 0 Å². The smallest absolute Gasteiger partial charge is 0.378 e. The normalized spacial score (nSPS) is 12.6. The molecule has 1 aromatic rings.